The molecule has 0 radical (unpaired) electrons. The van der Waals surface area contributed by atoms with Crippen LogP contribution in [-0.2, 0) is 16.0 Å². The van der Waals surface area contributed by atoms with E-state index in [-0.39, 0.29) is 17.8 Å². The minimum Gasteiger partial charge on any atom is -0.466 e. The van der Waals surface area contributed by atoms with Gasteiger partial charge >= 0.3 is 5.97 Å². The Bertz CT molecular complexity index is 880. The van der Waals surface area contributed by atoms with Gasteiger partial charge in [0, 0.05) is 20.3 Å². The summed E-state index contributed by atoms with van der Waals surface area (Å²) in [4.78, 5) is 25.0. The van der Waals surface area contributed by atoms with Crippen LogP contribution in [0.1, 0.15) is 11.8 Å². The predicted octanol–water partition coefficient (Wildman–Crippen LogP) is 3.52. The molecule has 0 aliphatic rings. The molecule has 0 atom stereocenters. The van der Waals surface area contributed by atoms with Crippen LogP contribution in [0.15, 0.2) is 47.3 Å². The Kier molecular flexibility index (Phi) is 3.71. The number of fused-ring (bicyclic) bond motifs is 2. The molecule has 0 N–H and O–H groups in total. The van der Waals surface area contributed by atoms with Crippen molar-refractivity contribution in [3.8, 4) is 0 Å². The number of esters is 1. The van der Waals surface area contributed by atoms with Crippen molar-refractivity contribution in [1.29, 1.82) is 0 Å². The molecule has 0 spiro atoms. The summed E-state index contributed by atoms with van der Waals surface area (Å²) in [7, 11) is 0. The third kappa shape index (κ3) is 2.67. The van der Waals surface area contributed by atoms with Gasteiger partial charge in [-0.05, 0) is 24.4 Å². The van der Waals surface area contributed by atoms with E-state index in [9.17, 15) is 9.59 Å². The second-order valence-electron chi connectivity index (χ2n) is 4.72. The van der Waals surface area contributed by atoms with E-state index in [1.807, 2.05) is 42.5 Å². The van der Waals surface area contributed by atoms with Gasteiger partial charge in [0.05, 0.1) is 13.0 Å². The lowest BCUT2D eigenvalue weighted by Crippen LogP contribution is -2.06. The van der Waals surface area contributed by atoms with Crippen LogP contribution in [-0.4, -0.2) is 12.6 Å². The van der Waals surface area contributed by atoms with Gasteiger partial charge in [0.1, 0.15) is 0 Å². The molecule has 0 aliphatic carbocycles. The Morgan fingerprint density at radius 2 is 1.95 bits per heavy atom. The highest BCUT2D eigenvalue weighted by molar-refractivity contribution is 7.19. The van der Waals surface area contributed by atoms with Crippen molar-refractivity contribution >= 4 is 38.2 Å². The van der Waals surface area contributed by atoms with Crippen molar-refractivity contribution in [1.82, 2.24) is 0 Å². The number of carbonyl (C=O) groups is 1. The normalized spacial score (nSPS) is 10.9. The maximum absolute atomic E-state index is 12.6. The lowest BCUT2D eigenvalue weighted by Gasteiger charge is -1.98. The second kappa shape index (κ2) is 5.66. The van der Waals surface area contributed by atoms with Gasteiger partial charge in [-0.15, -0.1) is 11.3 Å². The number of benzene rings is 1. The SMILES string of the molecule is CCOC(=O)Cc1cc2c(=O)c3ccccc3ccc2s1. The van der Waals surface area contributed by atoms with E-state index in [1.54, 1.807) is 6.92 Å². The van der Waals surface area contributed by atoms with Gasteiger partial charge in [-0.2, -0.15) is 0 Å². The second-order valence-corrected chi connectivity index (χ2v) is 5.89. The highest BCUT2D eigenvalue weighted by Gasteiger charge is 2.10. The van der Waals surface area contributed by atoms with Crippen LogP contribution in [0, 0.1) is 0 Å². The third-order valence-corrected chi connectivity index (χ3v) is 4.40. The largest absolute Gasteiger partial charge is 0.466 e. The van der Waals surface area contributed by atoms with Crippen molar-refractivity contribution in [2.75, 3.05) is 6.61 Å². The average molecular weight is 298 g/mol. The van der Waals surface area contributed by atoms with Crippen LogP contribution in [0.25, 0.3) is 20.9 Å². The standard InChI is InChI=1S/C17H14O3S/c1-2-20-16(18)10-12-9-14-15(21-12)8-7-11-5-3-4-6-13(11)17(14)19/h3-9H,2,10H2,1H3. The van der Waals surface area contributed by atoms with Gasteiger partial charge in [0.25, 0.3) is 0 Å². The quantitative estimate of drug-likeness (QED) is 0.695. The zero-order valence-electron chi connectivity index (χ0n) is 11.6. The summed E-state index contributed by atoms with van der Waals surface area (Å²) < 4.78 is 5.85. The summed E-state index contributed by atoms with van der Waals surface area (Å²) in [6.07, 6.45) is 0.217. The molecule has 0 bridgehead atoms. The fourth-order valence-electron chi connectivity index (χ4n) is 2.36. The number of carbonyl (C=O) groups excluding carboxylic acids is 1. The number of thiophene rings is 1. The Balaban J connectivity index is 2.15. The van der Waals surface area contributed by atoms with Crippen LogP contribution in [0.4, 0.5) is 0 Å². The fourth-order valence-corrected chi connectivity index (χ4v) is 3.41. The molecule has 3 nitrogen and oxygen atoms in total. The molecule has 0 amide bonds. The molecule has 2 aromatic carbocycles. The Labute approximate surface area is 125 Å². The molecular formula is C17H14O3S. The first kappa shape index (κ1) is 13.8. The zero-order chi connectivity index (χ0) is 14.8. The number of hydrogen-bond donors (Lipinski definition) is 0. The van der Waals surface area contributed by atoms with E-state index in [2.05, 4.69) is 0 Å². The van der Waals surface area contributed by atoms with Gasteiger partial charge in [0.2, 0.25) is 0 Å². The molecule has 0 saturated carbocycles. The lowest BCUT2D eigenvalue weighted by molar-refractivity contribution is -0.142. The van der Waals surface area contributed by atoms with Crippen molar-refractivity contribution in [2.45, 2.75) is 13.3 Å². The molecule has 3 rings (SSSR count). The maximum atomic E-state index is 12.6. The monoisotopic (exact) mass is 298 g/mol. The third-order valence-electron chi connectivity index (χ3n) is 3.30. The minimum absolute atomic E-state index is 0.0111. The lowest BCUT2D eigenvalue weighted by atomic mass is 10.2. The minimum atomic E-state index is -0.259. The van der Waals surface area contributed by atoms with Crippen molar-refractivity contribution in [3.05, 3.63) is 57.6 Å². The zero-order valence-corrected chi connectivity index (χ0v) is 12.4. The van der Waals surface area contributed by atoms with Gasteiger partial charge in [-0.3, -0.25) is 9.59 Å². The Morgan fingerprint density at radius 1 is 1.14 bits per heavy atom. The molecule has 0 aliphatic heterocycles. The first-order valence-corrected chi connectivity index (χ1v) is 7.61. The average Bonchev–Trinajstić information content (AvgIpc) is 2.82. The highest BCUT2D eigenvalue weighted by Crippen LogP contribution is 2.25. The van der Waals surface area contributed by atoms with Crippen LogP contribution in [0.5, 0.6) is 0 Å². The van der Waals surface area contributed by atoms with Gasteiger partial charge in [-0.25, -0.2) is 0 Å². The molecule has 1 heterocycles. The smallest absolute Gasteiger partial charge is 0.311 e. The number of rotatable bonds is 3. The van der Waals surface area contributed by atoms with E-state index in [0.29, 0.717) is 17.4 Å². The molecule has 1 aromatic heterocycles. The summed E-state index contributed by atoms with van der Waals surface area (Å²) in [5.41, 5.74) is 0.0111. The first-order valence-electron chi connectivity index (χ1n) is 6.79. The number of ether oxygens (including phenoxy) is 1. The molecular weight excluding hydrogens is 284 g/mol. The molecule has 3 aromatic rings. The highest BCUT2D eigenvalue weighted by atomic mass is 32.1. The maximum Gasteiger partial charge on any atom is 0.311 e. The summed E-state index contributed by atoms with van der Waals surface area (Å²) in [6, 6.07) is 13.2. The van der Waals surface area contributed by atoms with E-state index in [4.69, 9.17) is 4.74 Å². The summed E-state index contributed by atoms with van der Waals surface area (Å²) >= 11 is 1.47. The van der Waals surface area contributed by atoms with Gasteiger partial charge in [0.15, 0.2) is 5.43 Å². The van der Waals surface area contributed by atoms with E-state index in [0.717, 1.165) is 15.0 Å². The van der Waals surface area contributed by atoms with Crippen molar-refractivity contribution < 1.29 is 9.53 Å². The topological polar surface area (TPSA) is 43.4 Å². The summed E-state index contributed by atoms with van der Waals surface area (Å²) in [6.45, 7) is 2.15. The Hall–Kier alpha value is -2.20. The molecule has 0 saturated heterocycles. The van der Waals surface area contributed by atoms with Crippen LogP contribution in [0.2, 0.25) is 0 Å². The van der Waals surface area contributed by atoms with Gasteiger partial charge in [-0.1, -0.05) is 30.3 Å². The van der Waals surface area contributed by atoms with E-state index >= 15 is 0 Å². The van der Waals surface area contributed by atoms with Gasteiger partial charge < -0.3 is 4.74 Å². The Morgan fingerprint density at radius 3 is 2.76 bits per heavy atom. The molecule has 0 unspecified atom stereocenters. The first-order chi connectivity index (χ1) is 10.2. The van der Waals surface area contributed by atoms with Crippen molar-refractivity contribution in [2.24, 2.45) is 0 Å². The number of hydrogen-bond acceptors (Lipinski definition) is 4. The predicted molar refractivity (Wildman–Crippen MR) is 85.9 cm³/mol. The summed E-state index contributed by atoms with van der Waals surface area (Å²) in [5, 5.41) is 2.30. The summed E-state index contributed by atoms with van der Waals surface area (Å²) in [5.74, 6) is -0.259. The molecule has 21 heavy (non-hydrogen) atoms. The molecule has 106 valence electrons. The molecule has 0 fully saturated rings. The van der Waals surface area contributed by atoms with Crippen LogP contribution < -0.4 is 5.43 Å². The molecule has 4 heteroatoms. The van der Waals surface area contributed by atoms with Crippen LogP contribution >= 0.6 is 11.3 Å². The fraction of sp³-hybridized carbons (Fsp3) is 0.176. The van der Waals surface area contributed by atoms with E-state index in [1.165, 1.54) is 11.3 Å². The van der Waals surface area contributed by atoms with Crippen LogP contribution in [0.3, 0.4) is 0 Å². The van der Waals surface area contributed by atoms with Crippen molar-refractivity contribution in [3.63, 3.8) is 0 Å². The van der Waals surface area contributed by atoms with E-state index < -0.39 is 0 Å².